The van der Waals surface area contributed by atoms with Crippen LogP contribution in [-0.4, -0.2) is 25.0 Å². The third kappa shape index (κ3) is 3.31. The molecule has 3 nitrogen and oxygen atoms in total. The topological polar surface area (TPSA) is 53.0 Å². The summed E-state index contributed by atoms with van der Waals surface area (Å²) in [7, 11) is 1.89. The molecule has 0 saturated carbocycles. The summed E-state index contributed by atoms with van der Waals surface area (Å²) in [6.07, 6.45) is 0. The number of likely N-dealkylation sites (N-methyl/N-ethyl adjacent to an activating group) is 1. The second kappa shape index (κ2) is 5.44. The normalized spacial score (nSPS) is 10.3. The minimum absolute atomic E-state index is 0.315. The molecule has 0 unspecified atom stereocenters. The lowest BCUT2D eigenvalue weighted by atomic mass is 10.1. The number of hydrogen-bond donors (Lipinski definition) is 1. The average Bonchev–Trinajstić information content (AvgIpc) is 2.18. The van der Waals surface area contributed by atoms with Gasteiger partial charge in [0.1, 0.15) is 5.82 Å². The largest absolute Gasteiger partial charge is 0.329 e. The second-order valence-electron chi connectivity index (χ2n) is 3.44. The number of benzene rings is 1. The van der Waals surface area contributed by atoms with E-state index in [9.17, 15) is 4.39 Å². The monoisotopic (exact) mass is 207 g/mol. The molecule has 0 saturated heterocycles. The third-order valence-corrected chi connectivity index (χ3v) is 2.14. The summed E-state index contributed by atoms with van der Waals surface area (Å²) in [6.45, 7) is 1.81. The summed E-state index contributed by atoms with van der Waals surface area (Å²) in [4.78, 5) is 1.95. The van der Waals surface area contributed by atoms with Crippen LogP contribution >= 0.6 is 0 Å². The van der Waals surface area contributed by atoms with Crippen molar-refractivity contribution in [2.45, 2.75) is 6.54 Å². The Bertz CT molecular complexity index is 371. The fraction of sp³-hybridized carbons (Fsp3) is 0.364. The van der Waals surface area contributed by atoms with Gasteiger partial charge >= 0.3 is 0 Å². The maximum atomic E-state index is 13.0. The van der Waals surface area contributed by atoms with Gasteiger partial charge < -0.3 is 10.6 Å². The molecule has 80 valence electrons. The Morgan fingerprint density at radius 2 is 2.27 bits per heavy atom. The summed E-state index contributed by atoms with van der Waals surface area (Å²) >= 11 is 0. The van der Waals surface area contributed by atoms with Crippen molar-refractivity contribution < 1.29 is 4.39 Å². The van der Waals surface area contributed by atoms with Crippen LogP contribution in [0.25, 0.3) is 0 Å². The van der Waals surface area contributed by atoms with Crippen LogP contribution in [0.5, 0.6) is 0 Å². The van der Waals surface area contributed by atoms with Gasteiger partial charge in [-0.3, -0.25) is 0 Å². The molecule has 1 aromatic carbocycles. The molecule has 0 aliphatic heterocycles. The van der Waals surface area contributed by atoms with E-state index in [4.69, 9.17) is 11.0 Å². The fourth-order valence-corrected chi connectivity index (χ4v) is 1.39. The quantitative estimate of drug-likeness (QED) is 0.804. The van der Waals surface area contributed by atoms with Crippen molar-refractivity contribution in [2.24, 2.45) is 5.73 Å². The van der Waals surface area contributed by atoms with E-state index in [-0.39, 0.29) is 5.82 Å². The Morgan fingerprint density at radius 1 is 1.53 bits per heavy atom. The highest BCUT2D eigenvalue weighted by molar-refractivity contribution is 5.37. The molecule has 1 rings (SSSR count). The minimum atomic E-state index is -0.315. The zero-order valence-electron chi connectivity index (χ0n) is 8.70. The molecule has 0 aromatic heterocycles. The molecule has 0 spiro atoms. The van der Waals surface area contributed by atoms with E-state index in [1.165, 1.54) is 18.2 Å². The molecule has 0 bridgehead atoms. The summed E-state index contributed by atoms with van der Waals surface area (Å²) in [6, 6.07) is 6.24. The van der Waals surface area contributed by atoms with Crippen molar-refractivity contribution in [2.75, 3.05) is 20.1 Å². The molecule has 15 heavy (non-hydrogen) atoms. The summed E-state index contributed by atoms with van der Waals surface area (Å²) in [5.74, 6) is -0.315. The van der Waals surface area contributed by atoms with Crippen LogP contribution in [0.1, 0.15) is 11.1 Å². The Labute approximate surface area is 88.9 Å². The lowest BCUT2D eigenvalue weighted by Crippen LogP contribution is -2.25. The lowest BCUT2D eigenvalue weighted by molar-refractivity contribution is 0.335. The van der Waals surface area contributed by atoms with Gasteiger partial charge in [0.05, 0.1) is 11.6 Å². The Morgan fingerprint density at radius 3 is 2.87 bits per heavy atom. The third-order valence-electron chi connectivity index (χ3n) is 2.14. The number of hydrogen-bond acceptors (Lipinski definition) is 3. The van der Waals surface area contributed by atoms with Crippen molar-refractivity contribution in [1.82, 2.24) is 4.90 Å². The molecule has 1 aromatic rings. The predicted molar refractivity (Wildman–Crippen MR) is 56.5 cm³/mol. The van der Waals surface area contributed by atoms with Gasteiger partial charge in [0, 0.05) is 19.6 Å². The zero-order valence-corrected chi connectivity index (χ0v) is 8.70. The van der Waals surface area contributed by atoms with Crippen molar-refractivity contribution >= 4 is 0 Å². The maximum absolute atomic E-state index is 13.0. The van der Waals surface area contributed by atoms with Crippen molar-refractivity contribution in [3.8, 4) is 6.07 Å². The van der Waals surface area contributed by atoms with Gasteiger partial charge in [-0.2, -0.15) is 5.26 Å². The highest BCUT2D eigenvalue weighted by atomic mass is 19.1. The average molecular weight is 207 g/mol. The number of rotatable bonds is 4. The maximum Gasteiger partial charge on any atom is 0.123 e. The van der Waals surface area contributed by atoms with Gasteiger partial charge in [-0.15, -0.1) is 0 Å². The van der Waals surface area contributed by atoms with Gasteiger partial charge in [0.15, 0.2) is 0 Å². The van der Waals surface area contributed by atoms with Crippen molar-refractivity contribution in [3.05, 3.63) is 35.1 Å². The first-order chi connectivity index (χ1) is 7.17. The molecule has 4 heteroatoms. The van der Waals surface area contributed by atoms with Crippen LogP contribution in [0, 0.1) is 17.1 Å². The molecule has 2 N–H and O–H groups in total. The van der Waals surface area contributed by atoms with E-state index in [2.05, 4.69) is 0 Å². The molecule has 0 atom stereocenters. The summed E-state index contributed by atoms with van der Waals surface area (Å²) in [5, 5.41) is 8.84. The SMILES string of the molecule is CN(CCN)Cc1cc(F)ccc1C#N. The van der Waals surface area contributed by atoms with Crippen molar-refractivity contribution in [3.63, 3.8) is 0 Å². The van der Waals surface area contributed by atoms with Crippen LogP contribution in [0.3, 0.4) is 0 Å². The number of nitriles is 1. The van der Waals surface area contributed by atoms with E-state index in [0.29, 0.717) is 24.2 Å². The first-order valence-corrected chi connectivity index (χ1v) is 4.74. The zero-order chi connectivity index (χ0) is 11.3. The first-order valence-electron chi connectivity index (χ1n) is 4.74. The van der Waals surface area contributed by atoms with Gasteiger partial charge in [0.25, 0.3) is 0 Å². The Balaban J connectivity index is 2.83. The van der Waals surface area contributed by atoms with E-state index >= 15 is 0 Å². The number of nitrogens with zero attached hydrogens (tertiary/aromatic N) is 2. The van der Waals surface area contributed by atoms with Crippen LogP contribution in [0.2, 0.25) is 0 Å². The summed E-state index contributed by atoms with van der Waals surface area (Å²) < 4.78 is 13.0. The Hall–Kier alpha value is -1.44. The summed E-state index contributed by atoms with van der Waals surface area (Å²) in [5.41, 5.74) is 6.62. The Kier molecular flexibility index (Phi) is 4.22. The van der Waals surface area contributed by atoms with Crippen LogP contribution in [0.15, 0.2) is 18.2 Å². The molecule has 0 heterocycles. The van der Waals surface area contributed by atoms with E-state index in [1.54, 1.807) is 0 Å². The van der Waals surface area contributed by atoms with E-state index in [1.807, 2.05) is 18.0 Å². The van der Waals surface area contributed by atoms with Crippen LogP contribution in [0.4, 0.5) is 4.39 Å². The molecule has 0 aliphatic rings. The lowest BCUT2D eigenvalue weighted by Gasteiger charge is -2.16. The van der Waals surface area contributed by atoms with Crippen molar-refractivity contribution in [1.29, 1.82) is 5.26 Å². The highest BCUT2D eigenvalue weighted by Gasteiger charge is 2.06. The van der Waals surface area contributed by atoms with Gasteiger partial charge in [0.2, 0.25) is 0 Å². The molecule has 0 aliphatic carbocycles. The molecule has 0 amide bonds. The first kappa shape index (κ1) is 11.6. The molecular formula is C11H14FN3. The molecule has 0 radical (unpaired) electrons. The van der Waals surface area contributed by atoms with Gasteiger partial charge in [-0.05, 0) is 30.8 Å². The van der Waals surface area contributed by atoms with Gasteiger partial charge in [-0.1, -0.05) is 0 Å². The standard InChI is InChI=1S/C11H14FN3/c1-15(5-4-13)8-10-6-11(12)3-2-9(10)7-14/h2-3,6H,4-5,8,13H2,1H3. The predicted octanol–water partition coefficient (Wildman–Crippen LogP) is 1.09. The number of nitrogens with two attached hydrogens (primary N) is 1. The fourth-order valence-electron chi connectivity index (χ4n) is 1.39. The highest BCUT2D eigenvalue weighted by Crippen LogP contribution is 2.12. The smallest absolute Gasteiger partial charge is 0.123 e. The second-order valence-corrected chi connectivity index (χ2v) is 3.44. The van der Waals surface area contributed by atoms with Crippen LogP contribution in [-0.2, 0) is 6.54 Å². The van der Waals surface area contributed by atoms with E-state index < -0.39 is 0 Å². The molecule has 0 fully saturated rings. The van der Waals surface area contributed by atoms with E-state index in [0.717, 1.165) is 6.54 Å². The number of halogens is 1. The molecular weight excluding hydrogens is 193 g/mol. The van der Waals surface area contributed by atoms with Crippen LogP contribution < -0.4 is 5.73 Å². The minimum Gasteiger partial charge on any atom is -0.329 e. The van der Waals surface area contributed by atoms with Gasteiger partial charge in [-0.25, -0.2) is 4.39 Å².